The van der Waals surface area contributed by atoms with E-state index in [0.717, 1.165) is 16.4 Å². The van der Waals surface area contributed by atoms with Crippen molar-refractivity contribution < 1.29 is 0 Å². The highest BCUT2D eigenvalue weighted by Gasteiger charge is 1.99. The SMILES string of the molecule is Cc1ccc(P)c(C(=N)N)c1. The number of benzene rings is 1. The Hall–Kier alpha value is -0.880. The second-order valence-electron chi connectivity index (χ2n) is 2.50. The van der Waals surface area contributed by atoms with Gasteiger partial charge in [-0.1, -0.05) is 17.7 Å². The first-order valence-electron chi connectivity index (χ1n) is 3.32. The van der Waals surface area contributed by atoms with E-state index < -0.39 is 0 Å². The molecule has 0 heterocycles. The van der Waals surface area contributed by atoms with Gasteiger partial charge in [0.1, 0.15) is 5.84 Å². The van der Waals surface area contributed by atoms with Crippen molar-refractivity contribution in [1.82, 2.24) is 0 Å². The first-order chi connectivity index (χ1) is 5.11. The van der Waals surface area contributed by atoms with Crippen molar-refractivity contribution in [3.8, 4) is 0 Å². The maximum absolute atomic E-state index is 7.24. The lowest BCUT2D eigenvalue weighted by Crippen LogP contribution is -2.18. The quantitative estimate of drug-likeness (QED) is 0.361. The molecule has 0 aliphatic rings. The number of rotatable bonds is 1. The molecule has 0 aromatic heterocycles. The Morgan fingerprint density at radius 2 is 2.18 bits per heavy atom. The largest absolute Gasteiger partial charge is 0.384 e. The maximum atomic E-state index is 7.24. The van der Waals surface area contributed by atoms with Crippen molar-refractivity contribution in [3.63, 3.8) is 0 Å². The van der Waals surface area contributed by atoms with Gasteiger partial charge in [-0.3, -0.25) is 5.41 Å². The predicted octanol–water partition coefficient (Wildman–Crippen LogP) is 0.779. The van der Waals surface area contributed by atoms with E-state index in [0.29, 0.717) is 0 Å². The number of hydrogen-bond acceptors (Lipinski definition) is 1. The Kier molecular flexibility index (Phi) is 2.25. The molecule has 0 amide bonds. The number of nitrogens with one attached hydrogen (secondary N) is 1. The predicted molar refractivity (Wildman–Crippen MR) is 51.5 cm³/mol. The first kappa shape index (κ1) is 8.22. The van der Waals surface area contributed by atoms with Gasteiger partial charge in [0, 0.05) is 5.56 Å². The van der Waals surface area contributed by atoms with Crippen LogP contribution < -0.4 is 11.0 Å². The Bertz CT molecular complexity index is 294. The lowest BCUT2D eigenvalue weighted by atomic mass is 10.1. The van der Waals surface area contributed by atoms with Gasteiger partial charge in [-0.2, -0.15) is 0 Å². The molecule has 11 heavy (non-hydrogen) atoms. The lowest BCUT2D eigenvalue weighted by Gasteiger charge is -2.03. The van der Waals surface area contributed by atoms with Gasteiger partial charge in [0.2, 0.25) is 0 Å². The number of nitrogen functional groups attached to an aromatic ring is 1. The van der Waals surface area contributed by atoms with E-state index in [1.54, 1.807) is 0 Å². The average Bonchev–Trinajstić information content (AvgIpc) is 1.94. The summed E-state index contributed by atoms with van der Waals surface area (Å²) in [7, 11) is 2.56. The summed E-state index contributed by atoms with van der Waals surface area (Å²) in [4.78, 5) is 0. The minimum absolute atomic E-state index is 0.124. The van der Waals surface area contributed by atoms with E-state index in [-0.39, 0.29) is 5.84 Å². The van der Waals surface area contributed by atoms with Gasteiger partial charge in [0.15, 0.2) is 0 Å². The molecular formula is C8H11N2P. The monoisotopic (exact) mass is 166 g/mol. The van der Waals surface area contributed by atoms with Crippen LogP contribution in [0.5, 0.6) is 0 Å². The highest BCUT2D eigenvalue weighted by Crippen LogP contribution is 2.03. The summed E-state index contributed by atoms with van der Waals surface area (Å²) in [6.45, 7) is 1.98. The number of amidine groups is 1. The van der Waals surface area contributed by atoms with Gasteiger partial charge in [0.05, 0.1) is 0 Å². The highest BCUT2D eigenvalue weighted by molar-refractivity contribution is 7.27. The van der Waals surface area contributed by atoms with Gasteiger partial charge in [-0.15, -0.1) is 9.24 Å². The second kappa shape index (κ2) is 3.02. The third-order valence-corrected chi connectivity index (χ3v) is 2.00. The molecule has 0 fully saturated rings. The normalized spacial score (nSPS) is 9.64. The summed E-state index contributed by atoms with van der Waals surface area (Å²) in [5.41, 5.74) is 7.28. The Balaban J connectivity index is 3.23. The summed E-state index contributed by atoms with van der Waals surface area (Å²) >= 11 is 0. The van der Waals surface area contributed by atoms with Crippen LogP contribution in [0.2, 0.25) is 0 Å². The first-order valence-corrected chi connectivity index (χ1v) is 3.89. The zero-order chi connectivity index (χ0) is 8.43. The van der Waals surface area contributed by atoms with E-state index in [1.165, 1.54) is 0 Å². The molecule has 0 radical (unpaired) electrons. The van der Waals surface area contributed by atoms with Gasteiger partial charge in [0.25, 0.3) is 0 Å². The lowest BCUT2D eigenvalue weighted by molar-refractivity contribution is 1.41. The van der Waals surface area contributed by atoms with Crippen LogP contribution in [0.15, 0.2) is 18.2 Å². The van der Waals surface area contributed by atoms with Gasteiger partial charge in [-0.25, -0.2) is 0 Å². The van der Waals surface area contributed by atoms with Crippen LogP contribution in [0, 0.1) is 12.3 Å². The Labute approximate surface area is 68.5 Å². The molecule has 1 aromatic carbocycles. The summed E-state index contributed by atoms with van der Waals surface area (Å²) in [6, 6.07) is 5.84. The van der Waals surface area contributed by atoms with Crippen molar-refractivity contribution >= 4 is 20.4 Å². The van der Waals surface area contributed by atoms with Crippen LogP contribution >= 0.6 is 9.24 Å². The molecule has 1 atom stereocenters. The molecule has 1 rings (SSSR count). The highest BCUT2D eigenvalue weighted by atomic mass is 31.0. The number of aryl methyl sites for hydroxylation is 1. The Morgan fingerprint density at radius 1 is 1.55 bits per heavy atom. The number of nitrogens with two attached hydrogens (primary N) is 1. The maximum Gasteiger partial charge on any atom is 0.123 e. The smallest absolute Gasteiger partial charge is 0.123 e. The van der Waals surface area contributed by atoms with Crippen molar-refractivity contribution in [2.75, 3.05) is 0 Å². The van der Waals surface area contributed by atoms with Crippen LogP contribution in [0.1, 0.15) is 11.1 Å². The molecule has 0 aliphatic heterocycles. The van der Waals surface area contributed by atoms with E-state index >= 15 is 0 Å². The van der Waals surface area contributed by atoms with E-state index in [9.17, 15) is 0 Å². The van der Waals surface area contributed by atoms with Crippen molar-refractivity contribution in [3.05, 3.63) is 29.3 Å². The van der Waals surface area contributed by atoms with E-state index in [2.05, 4.69) is 9.24 Å². The summed E-state index contributed by atoms with van der Waals surface area (Å²) in [6.07, 6.45) is 0. The topological polar surface area (TPSA) is 49.9 Å². The fourth-order valence-electron chi connectivity index (χ4n) is 0.903. The second-order valence-corrected chi connectivity index (χ2v) is 3.13. The molecule has 0 bridgehead atoms. The van der Waals surface area contributed by atoms with Crippen LogP contribution in [-0.2, 0) is 0 Å². The Morgan fingerprint density at radius 3 is 2.64 bits per heavy atom. The molecule has 0 aliphatic carbocycles. The minimum atomic E-state index is 0.124. The zero-order valence-corrected chi connectivity index (χ0v) is 7.54. The number of hydrogen-bond donors (Lipinski definition) is 2. The molecular weight excluding hydrogens is 155 g/mol. The average molecular weight is 166 g/mol. The fraction of sp³-hybridized carbons (Fsp3) is 0.125. The molecule has 1 unspecified atom stereocenters. The molecule has 3 heteroatoms. The third kappa shape index (κ3) is 1.78. The van der Waals surface area contributed by atoms with Crippen molar-refractivity contribution in [2.24, 2.45) is 5.73 Å². The van der Waals surface area contributed by atoms with Crippen LogP contribution in [0.3, 0.4) is 0 Å². The molecule has 58 valence electrons. The third-order valence-electron chi connectivity index (χ3n) is 1.50. The molecule has 0 saturated heterocycles. The van der Waals surface area contributed by atoms with Gasteiger partial charge in [-0.05, 0) is 18.3 Å². The summed E-state index contributed by atoms with van der Waals surface area (Å²) in [5, 5.41) is 8.21. The molecule has 0 spiro atoms. The summed E-state index contributed by atoms with van der Waals surface area (Å²) in [5.74, 6) is 0.124. The molecule has 2 nitrogen and oxygen atoms in total. The van der Waals surface area contributed by atoms with Crippen molar-refractivity contribution in [1.29, 1.82) is 5.41 Å². The van der Waals surface area contributed by atoms with E-state index in [4.69, 9.17) is 11.1 Å². The molecule has 3 N–H and O–H groups in total. The van der Waals surface area contributed by atoms with Crippen molar-refractivity contribution in [2.45, 2.75) is 6.92 Å². The van der Waals surface area contributed by atoms with Crippen LogP contribution in [-0.4, -0.2) is 5.84 Å². The summed E-state index contributed by atoms with van der Waals surface area (Å²) < 4.78 is 0. The fourth-order valence-corrected chi connectivity index (χ4v) is 1.24. The van der Waals surface area contributed by atoms with Gasteiger partial charge >= 0.3 is 0 Å². The minimum Gasteiger partial charge on any atom is -0.384 e. The molecule has 0 saturated carbocycles. The van der Waals surface area contributed by atoms with Gasteiger partial charge < -0.3 is 5.73 Å². The van der Waals surface area contributed by atoms with Crippen LogP contribution in [0.25, 0.3) is 0 Å². The van der Waals surface area contributed by atoms with Crippen LogP contribution in [0.4, 0.5) is 0 Å². The molecule has 1 aromatic rings. The van der Waals surface area contributed by atoms with E-state index in [1.807, 2.05) is 25.1 Å². The standard InChI is InChI=1S/C8H11N2P/c1-5-2-3-7(11)6(4-5)8(9)10/h2-4H,11H2,1H3,(H3,9,10). The zero-order valence-electron chi connectivity index (χ0n) is 6.39.